The van der Waals surface area contributed by atoms with Gasteiger partial charge in [0.15, 0.2) is 0 Å². The molecule has 9 heteroatoms. The van der Waals surface area contributed by atoms with E-state index in [4.69, 9.17) is 4.74 Å². The van der Waals surface area contributed by atoms with Crippen LogP contribution in [0.3, 0.4) is 0 Å². The second kappa shape index (κ2) is 11.8. The summed E-state index contributed by atoms with van der Waals surface area (Å²) in [6, 6.07) is 11.9. The maximum absolute atomic E-state index is 12.6. The number of rotatable bonds is 9. The Morgan fingerprint density at radius 2 is 1.92 bits per heavy atom. The molecule has 9 nitrogen and oxygen atoms in total. The number of aliphatic hydroxyl groups excluding tert-OH is 1. The number of piperazine rings is 1. The summed E-state index contributed by atoms with van der Waals surface area (Å²) in [4.78, 5) is 37.2. The molecule has 1 saturated heterocycles. The first-order chi connectivity index (χ1) is 17.5. The number of carbonyl (C=O) groups is 1. The highest BCUT2D eigenvalue weighted by atomic mass is 16.5. The van der Waals surface area contributed by atoms with Gasteiger partial charge in [-0.3, -0.25) is 9.59 Å². The highest BCUT2D eigenvalue weighted by molar-refractivity contribution is 5.97. The number of benzene rings is 2. The average Bonchev–Trinajstić information content (AvgIpc) is 2.91. The van der Waals surface area contributed by atoms with Crippen LogP contribution in [0.4, 0.5) is 0 Å². The van der Waals surface area contributed by atoms with Crippen LogP contribution in [0.2, 0.25) is 0 Å². The quantitative estimate of drug-likeness (QED) is 0.312. The Balaban J connectivity index is 1.38. The number of amides is 1. The number of carbonyl (C=O) groups excluding carboxylic acids is 1. The molecule has 0 spiro atoms. The van der Waals surface area contributed by atoms with Crippen molar-refractivity contribution in [2.24, 2.45) is 0 Å². The van der Waals surface area contributed by atoms with Gasteiger partial charge in [0.25, 0.3) is 11.5 Å². The third kappa shape index (κ3) is 6.30. The molecule has 1 aliphatic heterocycles. The summed E-state index contributed by atoms with van der Waals surface area (Å²) in [7, 11) is 1.54. The molecule has 4 rings (SSSR count). The van der Waals surface area contributed by atoms with Crippen LogP contribution in [0.1, 0.15) is 35.0 Å². The summed E-state index contributed by atoms with van der Waals surface area (Å²) in [5.74, 6) is 0.302. The number of aliphatic hydroxyl groups is 1. The summed E-state index contributed by atoms with van der Waals surface area (Å²) in [5.41, 5.74) is 1.55. The molecular weight excluding hydrogens is 458 g/mol. The van der Waals surface area contributed by atoms with Crippen LogP contribution in [0.5, 0.6) is 5.75 Å². The van der Waals surface area contributed by atoms with Gasteiger partial charge in [0.1, 0.15) is 17.2 Å². The standard InChI is InChI=1S/C27H33N5O4/c1-3-31-12-14-32(15-13-31)11-5-10-28-26(34)20-8-9-22-23(17-20)30-27(35)24(29-22)18-25(33)19-6-4-7-21(16-19)36-2/h4,6-9,16-18,33H,3,5,10-15H2,1-2H3,(H,28,34)(H,30,35). The van der Waals surface area contributed by atoms with Crippen LogP contribution in [0.15, 0.2) is 47.3 Å². The molecule has 0 saturated carbocycles. The Morgan fingerprint density at radius 3 is 2.67 bits per heavy atom. The summed E-state index contributed by atoms with van der Waals surface area (Å²) in [5, 5.41) is 13.4. The van der Waals surface area contributed by atoms with E-state index in [1.54, 1.807) is 49.6 Å². The number of aromatic amines is 1. The predicted octanol–water partition coefficient (Wildman–Crippen LogP) is 2.75. The first kappa shape index (κ1) is 25.4. The molecule has 3 N–H and O–H groups in total. The number of nitrogens with zero attached hydrogens (tertiary/aromatic N) is 3. The topological polar surface area (TPSA) is 111 Å². The maximum Gasteiger partial charge on any atom is 0.274 e. The second-order valence-electron chi connectivity index (χ2n) is 8.83. The Hall–Kier alpha value is -3.69. The normalized spacial score (nSPS) is 15.2. The van der Waals surface area contributed by atoms with E-state index in [1.807, 2.05) is 0 Å². The molecular formula is C27H33N5O4. The van der Waals surface area contributed by atoms with Crippen LogP contribution in [0, 0.1) is 0 Å². The van der Waals surface area contributed by atoms with Crippen LogP contribution in [0.25, 0.3) is 22.9 Å². The van der Waals surface area contributed by atoms with E-state index >= 15 is 0 Å². The molecule has 2 heterocycles. The number of aromatic nitrogens is 2. The number of hydrogen-bond donors (Lipinski definition) is 3. The van der Waals surface area contributed by atoms with Crippen molar-refractivity contribution in [3.05, 3.63) is 69.6 Å². The Bertz CT molecular complexity index is 1290. The third-order valence-corrected chi connectivity index (χ3v) is 6.47. The van der Waals surface area contributed by atoms with Crippen molar-refractivity contribution in [3.8, 4) is 5.75 Å². The molecule has 1 aromatic heterocycles. The fourth-order valence-corrected chi connectivity index (χ4v) is 4.27. The average molecular weight is 492 g/mol. The number of H-pyrrole nitrogens is 1. The summed E-state index contributed by atoms with van der Waals surface area (Å²) in [6.07, 6.45) is 2.20. The molecule has 0 unspecified atom stereocenters. The molecule has 36 heavy (non-hydrogen) atoms. The summed E-state index contributed by atoms with van der Waals surface area (Å²) >= 11 is 0. The molecule has 0 radical (unpaired) electrons. The molecule has 3 aromatic rings. The molecule has 1 fully saturated rings. The van der Waals surface area contributed by atoms with Crippen molar-refractivity contribution in [2.75, 3.05) is 52.9 Å². The van der Waals surface area contributed by atoms with Crippen molar-refractivity contribution < 1.29 is 14.6 Å². The van der Waals surface area contributed by atoms with Crippen molar-refractivity contribution in [1.29, 1.82) is 0 Å². The fourth-order valence-electron chi connectivity index (χ4n) is 4.27. The lowest BCUT2D eigenvalue weighted by molar-refractivity contribution is 0.0948. The van der Waals surface area contributed by atoms with Gasteiger partial charge >= 0.3 is 0 Å². The molecule has 2 aromatic carbocycles. The zero-order chi connectivity index (χ0) is 25.5. The fraction of sp³-hybridized carbons (Fsp3) is 0.370. The van der Waals surface area contributed by atoms with E-state index in [9.17, 15) is 14.7 Å². The monoisotopic (exact) mass is 491 g/mol. The molecule has 0 aliphatic carbocycles. The van der Waals surface area contributed by atoms with Crippen LogP contribution < -0.4 is 15.6 Å². The molecule has 1 amide bonds. The van der Waals surface area contributed by atoms with E-state index in [-0.39, 0.29) is 17.4 Å². The summed E-state index contributed by atoms with van der Waals surface area (Å²) in [6.45, 7) is 9.19. The number of nitrogens with one attached hydrogen (secondary N) is 2. The SMILES string of the molecule is CCN1CCN(CCCNC(=O)c2ccc3nc(C=C(O)c4cccc(OC)c4)c(=O)[nH]c3c2)CC1. The minimum Gasteiger partial charge on any atom is -0.507 e. The van der Waals surface area contributed by atoms with Crippen molar-refractivity contribution in [1.82, 2.24) is 25.1 Å². The van der Waals surface area contributed by atoms with Gasteiger partial charge in [-0.25, -0.2) is 4.98 Å². The Labute approximate surface area is 210 Å². The number of methoxy groups -OCH3 is 1. The van der Waals surface area contributed by atoms with Crippen LogP contribution in [-0.4, -0.2) is 83.7 Å². The zero-order valence-electron chi connectivity index (χ0n) is 20.8. The van der Waals surface area contributed by atoms with E-state index < -0.39 is 5.56 Å². The Morgan fingerprint density at radius 1 is 1.14 bits per heavy atom. The summed E-state index contributed by atoms with van der Waals surface area (Å²) < 4.78 is 5.17. The molecule has 0 bridgehead atoms. The number of likely N-dealkylation sites (N-methyl/N-ethyl adjacent to an activating group) is 1. The van der Waals surface area contributed by atoms with Gasteiger partial charge in [0.2, 0.25) is 0 Å². The lowest BCUT2D eigenvalue weighted by Gasteiger charge is -2.33. The van der Waals surface area contributed by atoms with Gasteiger partial charge in [-0.1, -0.05) is 19.1 Å². The number of hydrogen-bond acceptors (Lipinski definition) is 7. The van der Waals surface area contributed by atoms with Gasteiger partial charge in [-0.2, -0.15) is 0 Å². The number of fused-ring (bicyclic) bond motifs is 1. The minimum absolute atomic E-state index is 0.0693. The van der Waals surface area contributed by atoms with Gasteiger partial charge in [-0.05, 0) is 49.8 Å². The van der Waals surface area contributed by atoms with Crippen molar-refractivity contribution >= 4 is 28.8 Å². The third-order valence-electron chi connectivity index (χ3n) is 6.47. The lowest BCUT2D eigenvalue weighted by atomic mass is 10.1. The smallest absolute Gasteiger partial charge is 0.274 e. The maximum atomic E-state index is 12.6. The highest BCUT2D eigenvalue weighted by Crippen LogP contribution is 2.20. The first-order valence-corrected chi connectivity index (χ1v) is 12.3. The minimum atomic E-state index is -0.460. The Kier molecular flexibility index (Phi) is 8.35. The molecule has 190 valence electrons. The largest absolute Gasteiger partial charge is 0.507 e. The van der Waals surface area contributed by atoms with Crippen molar-refractivity contribution in [3.63, 3.8) is 0 Å². The predicted molar refractivity (Wildman–Crippen MR) is 141 cm³/mol. The highest BCUT2D eigenvalue weighted by Gasteiger charge is 2.15. The zero-order valence-corrected chi connectivity index (χ0v) is 20.8. The van der Waals surface area contributed by atoms with Crippen LogP contribution in [-0.2, 0) is 0 Å². The van der Waals surface area contributed by atoms with Gasteiger partial charge in [0, 0.05) is 49.9 Å². The molecule has 1 aliphatic rings. The second-order valence-corrected chi connectivity index (χ2v) is 8.83. The number of ether oxygens (including phenoxy) is 1. The van der Waals surface area contributed by atoms with Gasteiger partial charge < -0.3 is 29.9 Å². The first-order valence-electron chi connectivity index (χ1n) is 12.3. The molecule has 0 atom stereocenters. The van der Waals surface area contributed by atoms with E-state index in [2.05, 4.69) is 32.0 Å². The van der Waals surface area contributed by atoms with Gasteiger partial charge in [-0.15, -0.1) is 0 Å². The van der Waals surface area contributed by atoms with Gasteiger partial charge in [0.05, 0.1) is 18.1 Å². The van der Waals surface area contributed by atoms with Crippen LogP contribution >= 0.6 is 0 Å². The van der Waals surface area contributed by atoms with E-state index in [0.717, 1.165) is 45.7 Å². The van der Waals surface area contributed by atoms with E-state index in [0.29, 0.717) is 34.5 Å². The lowest BCUT2D eigenvalue weighted by Crippen LogP contribution is -2.46. The van der Waals surface area contributed by atoms with E-state index in [1.165, 1.54) is 6.08 Å². The van der Waals surface area contributed by atoms with Crippen molar-refractivity contribution in [2.45, 2.75) is 13.3 Å².